The van der Waals surface area contributed by atoms with Crippen molar-refractivity contribution in [2.24, 2.45) is 0 Å². The van der Waals surface area contributed by atoms with E-state index in [2.05, 4.69) is 26.3 Å². The maximum absolute atomic E-state index is 8.00. The van der Waals surface area contributed by atoms with Crippen molar-refractivity contribution in [2.45, 2.75) is 0 Å². The van der Waals surface area contributed by atoms with E-state index in [4.69, 9.17) is 9.59 Å². The zero-order valence-corrected chi connectivity index (χ0v) is 9.43. The quantitative estimate of drug-likeness (QED) is 0.524. The minimum atomic E-state index is 0. The van der Waals surface area contributed by atoms with Gasteiger partial charge in [0.15, 0.2) is 0 Å². The SMILES string of the molecule is C=CC=C.C=CC=C.C=O.C=O.[Ti]. The van der Waals surface area contributed by atoms with Crippen LogP contribution in [0.3, 0.4) is 0 Å². The molecule has 3 heteroatoms. The molecule has 13 heavy (non-hydrogen) atoms. The van der Waals surface area contributed by atoms with E-state index in [0.717, 1.165) is 0 Å². The molecule has 0 aliphatic carbocycles. The van der Waals surface area contributed by atoms with Gasteiger partial charge in [-0.1, -0.05) is 50.6 Å². The first kappa shape index (κ1) is 29.6. The van der Waals surface area contributed by atoms with Gasteiger partial charge < -0.3 is 9.59 Å². The maximum atomic E-state index is 8.00. The molecule has 0 spiro atoms. The van der Waals surface area contributed by atoms with Crippen LogP contribution in [0.15, 0.2) is 50.6 Å². The molecule has 0 amide bonds. The molecular formula is C10H16O2Ti. The van der Waals surface area contributed by atoms with E-state index in [1.54, 1.807) is 24.3 Å². The maximum Gasteiger partial charge on any atom is 0.106 e. The van der Waals surface area contributed by atoms with Gasteiger partial charge >= 0.3 is 0 Å². The van der Waals surface area contributed by atoms with Crippen molar-refractivity contribution < 1.29 is 31.3 Å². The second kappa shape index (κ2) is 122. The summed E-state index contributed by atoms with van der Waals surface area (Å²) in [5.74, 6) is 0. The molecule has 0 atom stereocenters. The van der Waals surface area contributed by atoms with Gasteiger partial charge in [-0.05, 0) is 0 Å². The average molecular weight is 216 g/mol. The van der Waals surface area contributed by atoms with Crippen LogP contribution >= 0.6 is 0 Å². The summed E-state index contributed by atoms with van der Waals surface area (Å²) in [6.45, 7) is 17.4. The molecule has 0 aromatic rings. The summed E-state index contributed by atoms with van der Waals surface area (Å²) >= 11 is 0. The van der Waals surface area contributed by atoms with Gasteiger partial charge in [-0.3, -0.25) is 0 Å². The number of allylic oxidation sites excluding steroid dienone is 4. The standard InChI is InChI=1S/2C4H6.2CH2O.Ti/c2*1-3-4-2;2*1-2;/h2*3-4H,1-2H2;2*1H2;. The molecule has 72 valence electrons. The van der Waals surface area contributed by atoms with Crippen LogP contribution in [0, 0.1) is 0 Å². The molecule has 0 unspecified atom stereocenters. The molecule has 0 N–H and O–H groups in total. The Hall–Kier alpha value is -0.986. The van der Waals surface area contributed by atoms with E-state index in [0.29, 0.717) is 0 Å². The number of carbonyl (C=O) groups excluding carboxylic acids is 2. The molecule has 0 aliphatic rings. The van der Waals surface area contributed by atoms with Gasteiger partial charge in [0.1, 0.15) is 13.6 Å². The summed E-state index contributed by atoms with van der Waals surface area (Å²) in [5, 5.41) is 0. The van der Waals surface area contributed by atoms with Gasteiger partial charge in [-0.15, -0.1) is 0 Å². The van der Waals surface area contributed by atoms with Crippen molar-refractivity contribution in [2.75, 3.05) is 0 Å². The predicted molar refractivity (Wildman–Crippen MR) is 55.0 cm³/mol. The Morgan fingerprint density at radius 1 is 0.538 bits per heavy atom. The Balaban J connectivity index is -0.0000000226. The Kier molecular flexibility index (Phi) is 277. The summed E-state index contributed by atoms with van der Waals surface area (Å²) in [5.41, 5.74) is 0. The minimum absolute atomic E-state index is 0. The molecule has 0 saturated carbocycles. The van der Waals surface area contributed by atoms with E-state index in [-0.39, 0.29) is 21.7 Å². The third kappa shape index (κ3) is 870. The van der Waals surface area contributed by atoms with E-state index < -0.39 is 0 Å². The first-order chi connectivity index (χ1) is 5.83. The summed E-state index contributed by atoms with van der Waals surface area (Å²) in [4.78, 5) is 16.0. The van der Waals surface area contributed by atoms with Crippen molar-refractivity contribution in [3.8, 4) is 0 Å². The van der Waals surface area contributed by atoms with Crippen LogP contribution in [0.25, 0.3) is 0 Å². The molecule has 0 aromatic carbocycles. The smallest absolute Gasteiger partial charge is 0.106 e. The summed E-state index contributed by atoms with van der Waals surface area (Å²) in [6, 6.07) is 0. The van der Waals surface area contributed by atoms with Gasteiger partial charge in [0, 0.05) is 21.7 Å². The van der Waals surface area contributed by atoms with Gasteiger partial charge in [0.25, 0.3) is 0 Å². The molecule has 0 radical (unpaired) electrons. The monoisotopic (exact) mass is 216 g/mol. The first-order valence-electron chi connectivity index (χ1n) is 2.88. The molecule has 0 rings (SSSR count). The summed E-state index contributed by atoms with van der Waals surface area (Å²) in [6.07, 6.45) is 6.56. The molecule has 0 fully saturated rings. The minimum Gasteiger partial charge on any atom is -0.307 e. The fourth-order valence-corrected chi connectivity index (χ4v) is 0. The summed E-state index contributed by atoms with van der Waals surface area (Å²) in [7, 11) is 0. The zero-order chi connectivity index (χ0) is 10.8. The Bertz CT molecular complexity index is 85.5. The van der Waals surface area contributed by atoms with Crippen molar-refractivity contribution in [3.05, 3.63) is 50.6 Å². The molecule has 0 heterocycles. The van der Waals surface area contributed by atoms with Crippen LogP contribution in [0.5, 0.6) is 0 Å². The van der Waals surface area contributed by atoms with Crippen molar-refractivity contribution in [1.29, 1.82) is 0 Å². The van der Waals surface area contributed by atoms with Crippen LogP contribution in [-0.2, 0) is 31.3 Å². The second-order valence-corrected chi connectivity index (χ2v) is 0.943. The number of hydrogen-bond donors (Lipinski definition) is 0. The third-order valence-electron chi connectivity index (χ3n) is 0.333. The third-order valence-corrected chi connectivity index (χ3v) is 0.333. The Labute approximate surface area is 95.6 Å². The van der Waals surface area contributed by atoms with Crippen LogP contribution in [0.1, 0.15) is 0 Å². The van der Waals surface area contributed by atoms with E-state index in [1.165, 1.54) is 0 Å². The topological polar surface area (TPSA) is 34.1 Å². The zero-order valence-electron chi connectivity index (χ0n) is 7.87. The average Bonchev–Trinajstić information content (AvgIpc) is 2.23. The van der Waals surface area contributed by atoms with Gasteiger partial charge in [0.2, 0.25) is 0 Å². The van der Waals surface area contributed by atoms with Crippen LogP contribution in [0.2, 0.25) is 0 Å². The molecule has 0 saturated heterocycles. The van der Waals surface area contributed by atoms with E-state index in [9.17, 15) is 0 Å². The fourth-order valence-electron chi connectivity index (χ4n) is 0. The normalized spacial score (nSPS) is 3.69. The predicted octanol–water partition coefficient (Wildman–Crippen LogP) is 2.34. The fraction of sp³-hybridized carbons (Fsp3) is 0. The van der Waals surface area contributed by atoms with Gasteiger partial charge in [-0.25, -0.2) is 0 Å². The molecular weight excluding hydrogens is 200 g/mol. The van der Waals surface area contributed by atoms with Crippen LogP contribution in [0.4, 0.5) is 0 Å². The Morgan fingerprint density at radius 2 is 0.615 bits per heavy atom. The van der Waals surface area contributed by atoms with Gasteiger partial charge in [0.05, 0.1) is 0 Å². The van der Waals surface area contributed by atoms with Crippen LogP contribution < -0.4 is 0 Å². The van der Waals surface area contributed by atoms with E-state index >= 15 is 0 Å². The van der Waals surface area contributed by atoms with Crippen molar-refractivity contribution >= 4 is 13.6 Å². The molecule has 0 aliphatic heterocycles. The molecule has 0 bridgehead atoms. The number of carbonyl (C=O) groups is 2. The van der Waals surface area contributed by atoms with Gasteiger partial charge in [-0.2, -0.15) is 0 Å². The molecule has 2 nitrogen and oxygen atoms in total. The van der Waals surface area contributed by atoms with Crippen molar-refractivity contribution in [1.82, 2.24) is 0 Å². The second-order valence-electron chi connectivity index (χ2n) is 0.943. The number of rotatable bonds is 2. The van der Waals surface area contributed by atoms with E-state index in [1.807, 2.05) is 13.6 Å². The largest absolute Gasteiger partial charge is 0.307 e. The van der Waals surface area contributed by atoms with Crippen molar-refractivity contribution in [3.63, 3.8) is 0 Å². The Morgan fingerprint density at radius 3 is 0.615 bits per heavy atom. The number of hydrogen-bond acceptors (Lipinski definition) is 2. The first-order valence-corrected chi connectivity index (χ1v) is 2.88. The molecule has 0 aromatic heterocycles. The van der Waals surface area contributed by atoms with Crippen LogP contribution in [-0.4, -0.2) is 13.6 Å². The summed E-state index contributed by atoms with van der Waals surface area (Å²) < 4.78 is 0.